The molecule has 0 radical (unpaired) electrons. The Morgan fingerprint density at radius 3 is 0.952 bits per heavy atom. The maximum absolute atomic E-state index is 5.15. The molecule has 0 amide bonds. The fraction of sp³-hybridized carbons (Fsp3) is 0. The molecular weight excluding hydrogens is 510 g/mol. The number of benzene rings is 6. The summed E-state index contributed by atoms with van der Waals surface area (Å²) in [5, 5.41) is 0. The van der Waals surface area contributed by atoms with Crippen LogP contribution in [0.2, 0.25) is 0 Å². The molecule has 3 nitrogen and oxygen atoms in total. The van der Waals surface area contributed by atoms with Gasteiger partial charge in [0.1, 0.15) is 0 Å². The third kappa shape index (κ3) is 5.12. The molecule has 0 N–H and O–H groups in total. The van der Waals surface area contributed by atoms with E-state index in [0.717, 1.165) is 50.1 Å². The lowest BCUT2D eigenvalue weighted by Crippen LogP contribution is -2.02. The number of nitrogens with zero attached hydrogens (tertiary/aromatic N) is 3. The zero-order valence-electron chi connectivity index (χ0n) is 22.9. The predicted molar refractivity (Wildman–Crippen MR) is 172 cm³/mol. The van der Waals surface area contributed by atoms with Crippen molar-refractivity contribution < 1.29 is 0 Å². The van der Waals surface area contributed by atoms with Crippen molar-refractivity contribution in [2.45, 2.75) is 0 Å². The molecule has 0 aliphatic carbocycles. The zero-order valence-corrected chi connectivity index (χ0v) is 22.9. The van der Waals surface area contributed by atoms with Crippen molar-refractivity contribution in [1.29, 1.82) is 0 Å². The smallest absolute Gasteiger partial charge is 0.165 e. The van der Waals surface area contributed by atoms with Gasteiger partial charge in [-0.2, -0.15) is 0 Å². The molecule has 0 saturated carbocycles. The first kappa shape index (κ1) is 25.3. The summed E-state index contributed by atoms with van der Waals surface area (Å²) in [6, 6.07) is 56.3. The number of aromatic nitrogens is 3. The van der Waals surface area contributed by atoms with E-state index in [9.17, 15) is 0 Å². The third-order valence-electron chi connectivity index (χ3n) is 7.34. The molecule has 42 heavy (non-hydrogen) atoms. The highest BCUT2D eigenvalue weighted by atomic mass is 15.0. The van der Waals surface area contributed by atoms with Crippen LogP contribution in [0.5, 0.6) is 0 Å². The monoisotopic (exact) mass is 537 g/mol. The van der Waals surface area contributed by atoms with Crippen LogP contribution in [0.25, 0.3) is 67.5 Å². The standard InChI is InChI=1S/C39H27N3/c1-6-16-28(17-7-1)33-26-34(29-18-8-2-9-19-29)36(35(27-33)30-20-10-3-11-21-30)39-41-37(31-22-12-4-13-23-31)40-38(42-39)32-24-14-5-15-25-32/h1-27H. The van der Waals surface area contributed by atoms with E-state index in [0.29, 0.717) is 17.5 Å². The normalized spacial score (nSPS) is 10.9. The SMILES string of the molecule is c1ccc(-c2cc(-c3ccccc3)c(-c3nc(-c4ccccc4)nc(-c4ccccc4)n3)c(-c3ccccc3)c2)cc1. The van der Waals surface area contributed by atoms with Gasteiger partial charge in [0.2, 0.25) is 0 Å². The van der Waals surface area contributed by atoms with E-state index < -0.39 is 0 Å². The van der Waals surface area contributed by atoms with Gasteiger partial charge in [0.25, 0.3) is 0 Å². The summed E-state index contributed by atoms with van der Waals surface area (Å²) in [7, 11) is 0. The Balaban J connectivity index is 1.58. The molecule has 3 heteroatoms. The average Bonchev–Trinajstić information content (AvgIpc) is 3.09. The lowest BCUT2D eigenvalue weighted by Gasteiger charge is -2.19. The molecule has 0 unspecified atom stereocenters. The van der Waals surface area contributed by atoms with Crippen LogP contribution >= 0.6 is 0 Å². The van der Waals surface area contributed by atoms with E-state index in [4.69, 9.17) is 15.0 Å². The van der Waals surface area contributed by atoms with E-state index in [1.807, 2.05) is 72.8 Å². The van der Waals surface area contributed by atoms with Gasteiger partial charge in [-0.1, -0.05) is 152 Å². The van der Waals surface area contributed by atoms with Crippen LogP contribution in [-0.4, -0.2) is 15.0 Å². The summed E-state index contributed by atoms with van der Waals surface area (Å²) in [5.74, 6) is 1.93. The quantitative estimate of drug-likeness (QED) is 0.212. The van der Waals surface area contributed by atoms with E-state index in [1.54, 1.807) is 0 Å². The topological polar surface area (TPSA) is 38.7 Å². The lowest BCUT2D eigenvalue weighted by molar-refractivity contribution is 1.07. The van der Waals surface area contributed by atoms with Crippen LogP contribution in [0.3, 0.4) is 0 Å². The predicted octanol–water partition coefficient (Wildman–Crippen LogP) is 9.87. The summed E-state index contributed by atoms with van der Waals surface area (Å²) >= 11 is 0. The second-order valence-electron chi connectivity index (χ2n) is 10.1. The van der Waals surface area contributed by atoms with Crippen molar-refractivity contribution in [3.63, 3.8) is 0 Å². The molecular formula is C39H27N3. The molecule has 1 heterocycles. The molecule has 6 aromatic carbocycles. The Kier molecular flexibility index (Phi) is 6.89. The van der Waals surface area contributed by atoms with Gasteiger partial charge in [-0.25, -0.2) is 15.0 Å². The zero-order chi connectivity index (χ0) is 28.1. The van der Waals surface area contributed by atoms with Gasteiger partial charge in [0.05, 0.1) is 0 Å². The van der Waals surface area contributed by atoms with Crippen LogP contribution in [0, 0.1) is 0 Å². The fourth-order valence-corrected chi connectivity index (χ4v) is 5.29. The first-order valence-electron chi connectivity index (χ1n) is 14.0. The van der Waals surface area contributed by atoms with E-state index in [-0.39, 0.29) is 0 Å². The molecule has 7 rings (SSSR count). The minimum absolute atomic E-state index is 0.639. The lowest BCUT2D eigenvalue weighted by atomic mass is 9.87. The van der Waals surface area contributed by atoms with E-state index >= 15 is 0 Å². The van der Waals surface area contributed by atoms with Crippen molar-refractivity contribution in [1.82, 2.24) is 15.0 Å². The maximum Gasteiger partial charge on any atom is 0.165 e. The molecule has 0 saturated heterocycles. The largest absolute Gasteiger partial charge is 0.208 e. The third-order valence-corrected chi connectivity index (χ3v) is 7.34. The van der Waals surface area contributed by atoms with Crippen LogP contribution in [-0.2, 0) is 0 Å². The Morgan fingerprint density at radius 1 is 0.262 bits per heavy atom. The molecule has 198 valence electrons. The Morgan fingerprint density at radius 2 is 0.571 bits per heavy atom. The van der Waals surface area contributed by atoms with Crippen LogP contribution in [0.1, 0.15) is 0 Å². The van der Waals surface area contributed by atoms with Gasteiger partial charge in [-0.15, -0.1) is 0 Å². The molecule has 0 bridgehead atoms. The summed E-state index contributed by atoms with van der Waals surface area (Å²) in [5.41, 5.74) is 9.50. The van der Waals surface area contributed by atoms with Crippen LogP contribution in [0.15, 0.2) is 164 Å². The minimum Gasteiger partial charge on any atom is -0.208 e. The van der Waals surface area contributed by atoms with Gasteiger partial charge in [0, 0.05) is 16.7 Å². The van der Waals surface area contributed by atoms with Gasteiger partial charge in [0.15, 0.2) is 17.5 Å². The number of hydrogen-bond acceptors (Lipinski definition) is 3. The minimum atomic E-state index is 0.639. The summed E-state index contributed by atoms with van der Waals surface area (Å²) in [6.45, 7) is 0. The van der Waals surface area contributed by atoms with Gasteiger partial charge in [-0.3, -0.25) is 0 Å². The second-order valence-corrected chi connectivity index (χ2v) is 10.1. The Labute approximate surface area is 245 Å². The van der Waals surface area contributed by atoms with E-state index in [1.165, 1.54) is 0 Å². The highest BCUT2D eigenvalue weighted by molar-refractivity contribution is 5.96. The van der Waals surface area contributed by atoms with E-state index in [2.05, 4.69) is 91.0 Å². The molecule has 0 atom stereocenters. The highest BCUT2D eigenvalue weighted by Gasteiger charge is 2.21. The maximum atomic E-state index is 5.15. The van der Waals surface area contributed by atoms with Crippen molar-refractivity contribution >= 4 is 0 Å². The molecule has 1 aromatic heterocycles. The molecule has 0 fully saturated rings. The number of rotatable bonds is 6. The van der Waals surface area contributed by atoms with Crippen molar-refractivity contribution in [2.24, 2.45) is 0 Å². The van der Waals surface area contributed by atoms with Crippen molar-refractivity contribution in [3.05, 3.63) is 164 Å². The highest BCUT2D eigenvalue weighted by Crippen LogP contribution is 2.42. The molecule has 7 aromatic rings. The van der Waals surface area contributed by atoms with Crippen LogP contribution < -0.4 is 0 Å². The van der Waals surface area contributed by atoms with Gasteiger partial charge >= 0.3 is 0 Å². The van der Waals surface area contributed by atoms with Crippen molar-refractivity contribution in [3.8, 4) is 67.5 Å². The first-order chi connectivity index (χ1) is 20.8. The van der Waals surface area contributed by atoms with Crippen LogP contribution in [0.4, 0.5) is 0 Å². The Hall–Kier alpha value is -5.67. The van der Waals surface area contributed by atoms with Crippen molar-refractivity contribution in [2.75, 3.05) is 0 Å². The first-order valence-corrected chi connectivity index (χ1v) is 14.0. The van der Waals surface area contributed by atoms with Gasteiger partial charge in [-0.05, 0) is 45.5 Å². The van der Waals surface area contributed by atoms with Gasteiger partial charge < -0.3 is 0 Å². The molecule has 0 spiro atoms. The summed E-state index contributed by atoms with van der Waals surface area (Å²) in [6.07, 6.45) is 0. The fourth-order valence-electron chi connectivity index (χ4n) is 5.29. The Bertz CT molecular complexity index is 1820. The summed E-state index contributed by atoms with van der Waals surface area (Å²) in [4.78, 5) is 15.3. The summed E-state index contributed by atoms with van der Waals surface area (Å²) < 4.78 is 0. The molecule has 0 aliphatic heterocycles. The number of hydrogen-bond donors (Lipinski definition) is 0. The average molecular weight is 538 g/mol. The molecule has 0 aliphatic rings. The second kappa shape index (κ2) is 11.4.